The van der Waals surface area contributed by atoms with Gasteiger partial charge in [0.15, 0.2) is 0 Å². The number of halogens is 3. The number of nitrogens with zero attached hydrogens (tertiary/aromatic N) is 1. The summed E-state index contributed by atoms with van der Waals surface area (Å²) >= 11 is 0. The molecular formula is C12H15F3N2O3. The fourth-order valence-electron chi connectivity index (χ4n) is 1.44. The van der Waals surface area contributed by atoms with Gasteiger partial charge in [-0.05, 0) is 26.8 Å². The first-order chi connectivity index (χ1) is 8.95. The van der Waals surface area contributed by atoms with E-state index in [2.05, 4.69) is 5.32 Å². The summed E-state index contributed by atoms with van der Waals surface area (Å²) in [5.41, 5.74) is -3.11. The van der Waals surface area contributed by atoms with Crippen LogP contribution >= 0.6 is 0 Å². The lowest BCUT2D eigenvalue weighted by molar-refractivity contribution is -0.385. The first-order valence-corrected chi connectivity index (χ1v) is 5.77. The highest BCUT2D eigenvalue weighted by molar-refractivity contribution is 5.58. The number of aliphatic hydroxyl groups excluding tert-OH is 1. The maximum atomic E-state index is 12.9. The molecule has 1 aromatic carbocycles. The highest BCUT2D eigenvalue weighted by Gasteiger charge is 2.37. The lowest BCUT2D eigenvalue weighted by Crippen LogP contribution is -2.42. The van der Waals surface area contributed by atoms with Crippen LogP contribution in [0.4, 0.5) is 24.5 Å². The summed E-state index contributed by atoms with van der Waals surface area (Å²) in [7, 11) is 0. The van der Waals surface area contributed by atoms with Crippen molar-refractivity contribution in [2.45, 2.75) is 38.6 Å². The van der Waals surface area contributed by atoms with E-state index in [-0.39, 0.29) is 5.69 Å². The number of hydrogen-bond acceptors (Lipinski definition) is 4. The number of nitro groups is 1. The molecule has 0 radical (unpaired) electrons. The number of rotatable bonds is 4. The highest BCUT2D eigenvalue weighted by atomic mass is 19.4. The number of non-ortho nitro benzene ring substituents is 1. The van der Waals surface area contributed by atoms with Gasteiger partial charge in [-0.3, -0.25) is 10.1 Å². The zero-order valence-electron chi connectivity index (χ0n) is 11.2. The summed E-state index contributed by atoms with van der Waals surface area (Å²) in [6, 6.07) is 2.45. The van der Waals surface area contributed by atoms with E-state index in [4.69, 9.17) is 0 Å². The summed E-state index contributed by atoms with van der Waals surface area (Å²) in [5, 5.41) is 22.7. The normalized spacial score (nSPS) is 13.9. The van der Waals surface area contributed by atoms with E-state index < -0.39 is 34.0 Å². The largest absolute Gasteiger partial charge is 0.418 e. The summed E-state index contributed by atoms with van der Waals surface area (Å²) in [6.45, 7) is 4.49. The van der Waals surface area contributed by atoms with E-state index >= 15 is 0 Å². The molecule has 0 saturated carbocycles. The third-order valence-corrected chi connectivity index (χ3v) is 3.02. The summed E-state index contributed by atoms with van der Waals surface area (Å²) in [6.07, 6.45) is -5.65. The molecule has 0 aliphatic carbocycles. The Hall–Kier alpha value is -1.83. The Morgan fingerprint density at radius 1 is 1.35 bits per heavy atom. The van der Waals surface area contributed by atoms with Crippen molar-refractivity contribution in [2.75, 3.05) is 5.32 Å². The molecule has 0 fully saturated rings. The molecule has 1 unspecified atom stereocenters. The lowest BCUT2D eigenvalue weighted by atomic mass is 9.97. The van der Waals surface area contributed by atoms with Crippen LogP contribution in [0.15, 0.2) is 18.2 Å². The second-order valence-corrected chi connectivity index (χ2v) is 5.01. The van der Waals surface area contributed by atoms with E-state index in [0.717, 1.165) is 12.1 Å². The van der Waals surface area contributed by atoms with Gasteiger partial charge in [0.2, 0.25) is 0 Å². The molecule has 0 saturated heterocycles. The minimum Gasteiger partial charge on any atom is -0.391 e. The van der Waals surface area contributed by atoms with E-state index in [9.17, 15) is 28.4 Å². The first-order valence-electron chi connectivity index (χ1n) is 5.77. The summed E-state index contributed by atoms with van der Waals surface area (Å²) < 4.78 is 38.8. The fraction of sp³-hybridized carbons (Fsp3) is 0.500. The first kappa shape index (κ1) is 16.2. The van der Waals surface area contributed by atoms with Crippen LogP contribution in [0, 0.1) is 10.1 Å². The second-order valence-electron chi connectivity index (χ2n) is 5.01. The maximum Gasteiger partial charge on any atom is 0.418 e. The predicted octanol–water partition coefficient (Wildman–Crippen LogP) is 3.18. The number of benzene rings is 1. The van der Waals surface area contributed by atoms with Crippen molar-refractivity contribution in [3.8, 4) is 0 Å². The van der Waals surface area contributed by atoms with Crippen molar-refractivity contribution in [1.29, 1.82) is 0 Å². The zero-order chi connectivity index (χ0) is 15.7. The van der Waals surface area contributed by atoms with Crippen molar-refractivity contribution in [3.63, 3.8) is 0 Å². The van der Waals surface area contributed by atoms with Crippen LogP contribution < -0.4 is 5.32 Å². The number of aliphatic hydroxyl groups is 1. The minimum atomic E-state index is -4.73. The molecule has 20 heavy (non-hydrogen) atoms. The van der Waals surface area contributed by atoms with E-state index in [0.29, 0.717) is 6.07 Å². The number of nitrogens with one attached hydrogen (secondary N) is 1. The maximum absolute atomic E-state index is 12.9. The molecule has 1 aromatic rings. The molecule has 0 amide bonds. The van der Waals surface area contributed by atoms with Crippen LogP contribution in [0.1, 0.15) is 26.3 Å². The van der Waals surface area contributed by atoms with Crippen LogP contribution in [-0.2, 0) is 6.18 Å². The van der Waals surface area contributed by atoms with Gasteiger partial charge in [-0.2, -0.15) is 13.2 Å². The van der Waals surface area contributed by atoms with Crippen LogP contribution in [-0.4, -0.2) is 21.7 Å². The molecule has 0 heterocycles. The van der Waals surface area contributed by atoms with E-state index in [1.807, 2.05) is 0 Å². The SMILES string of the molecule is CC(O)C(C)(C)Nc1ccc([N+](=O)[O-])cc1C(F)(F)F. The van der Waals surface area contributed by atoms with Gasteiger partial charge < -0.3 is 10.4 Å². The smallest absolute Gasteiger partial charge is 0.391 e. The van der Waals surface area contributed by atoms with Crippen molar-refractivity contribution in [3.05, 3.63) is 33.9 Å². The quantitative estimate of drug-likeness (QED) is 0.660. The van der Waals surface area contributed by atoms with Crippen LogP contribution in [0.5, 0.6) is 0 Å². The van der Waals surface area contributed by atoms with E-state index in [1.165, 1.54) is 20.8 Å². The average Bonchev–Trinajstić information content (AvgIpc) is 2.26. The second kappa shape index (κ2) is 5.28. The third kappa shape index (κ3) is 3.60. The Labute approximate surface area is 113 Å². The number of anilines is 1. The molecule has 1 atom stereocenters. The van der Waals surface area contributed by atoms with Crippen LogP contribution in [0.2, 0.25) is 0 Å². The molecule has 0 bridgehead atoms. The number of alkyl halides is 3. The molecule has 2 N–H and O–H groups in total. The van der Waals surface area contributed by atoms with Gasteiger partial charge in [-0.1, -0.05) is 0 Å². The van der Waals surface area contributed by atoms with Gasteiger partial charge in [-0.25, -0.2) is 0 Å². The molecule has 5 nitrogen and oxygen atoms in total. The van der Waals surface area contributed by atoms with Crippen molar-refractivity contribution < 1.29 is 23.2 Å². The Morgan fingerprint density at radius 3 is 2.30 bits per heavy atom. The number of hydrogen-bond donors (Lipinski definition) is 2. The van der Waals surface area contributed by atoms with Crippen LogP contribution in [0.25, 0.3) is 0 Å². The molecule has 1 rings (SSSR count). The Kier molecular flexibility index (Phi) is 4.28. The van der Waals surface area contributed by atoms with Gasteiger partial charge in [0.25, 0.3) is 5.69 Å². The lowest BCUT2D eigenvalue weighted by Gasteiger charge is -2.31. The van der Waals surface area contributed by atoms with Crippen molar-refractivity contribution in [1.82, 2.24) is 0 Å². The third-order valence-electron chi connectivity index (χ3n) is 3.02. The van der Waals surface area contributed by atoms with Gasteiger partial charge in [0.1, 0.15) is 0 Å². The molecule has 8 heteroatoms. The highest BCUT2D eigenvalue weighted by Crippen LogP contribution is 2.38. The molecule has 0 aliphatic rings. The monoisotopic (exact) mass is 292 g/mol. The molecule has 0 aromatic heterocycles. The summed E-state index contributed by atoms with van der Waals surface area (Å²) in [4.78, 5) is 9.67. The molecular weight excluding hydrogens is 277 g/mol. The summed E-state index contributed by atoms with van der Waals surface area (Å²) in [5.74, 6) is 0. The topological polar surface area (TPSA) is 75.4 Å². The predicted molar refractivity (Wildman–Crippen MR) is 67.5 cm³/mol. The molecule has 0 spiro atoms. The standard InChI is InChI=1S/C12H15F3N2O3/c1-7(18)11(2,3)16-10-5-4-8(17(19)20)6-9(10)12(13,14)15/h4-7,16,18H,1-3H3. The fourth-order valence-corrected chi connectivity index (χ4v) is 1.44. The minimum absolute atomic E-state index is 0.311. The Balaban J connectivity index is 3.30. The Morgan fingerprint density at radius 2 is 1.90 bits per heavy atom. The van der Waals surface area contributed by atoms with Gasteiger partial charge >= 0.3 is 6.18 Å². The van der Waals surface area contributed by atoms with Crippen LogP contribution in [0.3, 0.4) is 0 Å². The number of nitro benzene ring substituents is 1. The van der Waals surface area contributed by atoms with Gasteiger partial charge in [0, 0.05) is 17.8 Å². The van der Waals surface area contributed by atoms with Crippen molar-refractivity contribution in [2.24, 2.45) is 0 Å². The molecule has 0 aliphatic heterocycles. The van der Waals surface area contributed by atoms with Crippen molar-refractivity contribution >= 4 is 11.4 Å². The van der Waals surface area contributed by atoms with Gasteiger partial charge in [0.05, 0.1) is 22.1 Å². The Bertz CT molecular complexity index is 513. The van der Waals surface area contributed by atoms with E-state index in [1.54, 1.807) is 0 Å². The van der Waals surface area contributed by atoms with Gasteiger partial charge in [-0.15, -0.1) is 0 Å². The molecule has 112 valence electrons. The average molecular weight is 292 g/mol. The zero-order valence-corrected chi connectivity index (χ0v) is 11.2.